The van der Waals surface area contributed by atoms with Crippen molar-refractivity contribution in [1.29, 1.82) is 0 Å². The highest BCUT2D eigenvalue weighted by atomic mass is 35.5. The van der Waals surface area contributed by atoms with Crippen LogP contribution in [0.3, 0.4) is 0 Å². The Morgan fingerprint density at radius 3 is 1.73 bits per heavy atom. The van der Waals surface area contributed by atoms with Crippen molar-refractivity contribution in [1.82, 2.24) is 5.32 Å². The Morgan fingerprint density at radius 1 is 0.725 bits per heavy atom. The molecule has 0 aliphatic heterocycles. The third-order valence-corrected chi connectivity index (χ3v) is 6.91. The molecule has 1 aliphatic rings. The van der Waals surface area contributed by atoms with Gasteiger partial charge in [0, 0.05) is 11.7 Å². The van der Waals surface area contributed by atoms with Crippen molar-refractivity contribution in [2.45, 2.75) is 44.3 Å². The molecular formula is C27H27Cl2F3N4O2S2. The van der Waals surface area contributed by atoms with Crippen molar-refractivity contribution < 1.29 is 23.4 Å². The third kappa shape index (κ3) is 9.58. The first-order valence-corrected chi connectivity index (χ1v) is 13.8. The number of anilines is 3. The number of hydrogen-bond acceptors (Lipinski definition) is 4. The summed E-state index contributed by atoms with van der Waals surface area (Å²) in [4.78, 5) is 0. The van der Waals surface area contributed by atoms with Crippen LogP contribution in [0.25, 0.3) is 0 Å². The van der Waals surface area contributed by atoms with E-state index in [4.69, 9.17) is 47.6 Å². The normalized spacial score (nSPS) is 13.4. The van der Waals surface area contributed by atoms with Crippen molar-refractivity contribution in [3.63, 3.8) is 0 Å². The molecule has 1 aliphatic carbocycles. The van der Waals surface area contributed by atoms with Crippen LogP contribution < -0.4 is 21.3 Å². The Balaban J connectivity index is 0.000000225. The number of benzene rings is 3. The standard InChI is InChI=1S/C14H10ClF3N2OS.C13H17ClN2OS/c15-10-2-1-3-11(12(10)21)20-13(22)19-9-6-4-8(5-7-9)14(16,17)18;14-10-7-4-8-11(12(10)17)16-13(18)15-9-5-2-1-3-6-9/h1-7,21H,(H2,19,20,22);4,7-9,17H,1-3,5-6H2,(H2,15,16,18). The van der Waals surface area contributed by atoms with Gasteiger partial charge >= 0.3 is 6.18 Å². The average molecular weight is 632 g/mol. The van der Waals surface area contributed by atoms with Gasteiger partial charge in [-0.15, -0.1) is 0 Å². The van der Waals surface area contributed by atoms with E-state index < -0.39 is 11.7 Å². The molecule has 4 rings (SSSR count). The van der Waals surface area contributed by atoms with Gasteiger partial charge in [0.05, 0.1) is 27.0 Å². The van der Waals surface area contributed by atoms with Crippen LogP contribution in [0.2, 0.25) is 10.0 Å². The smallest absolute Gasteiger partial charge is 0.416 e. The maximum Gasteiger partial charge on any atom is 0.416 e. The molecular weight excluding hydrogens is 604 g/mol. The van der Waals surface area contributed by atoms with E-state index in [1.165, 1.54) is 37.5 Å². The first kappa shape index (κ1) is 31.5. The van der Waals surface area contributed by atoms with Crippen molar-refractivity contribution in [3.05, 3.63) is 76.3 Å². The first-order valence-electron chi connectivity index (χ1n) is 12.2. The quantitative estimate of drug-likeness (QED) is 0.126. The Kier molecular flexibility index (Phi) is 11.5. The molecule has 0 aromatic heterocycles. The summed E-state index contributed by atoms with van der Waals surface area (Å²) >= 11 is 21.9. The number of aromatic hydroxyl groups is 2. The Hall–Kier alpha value is -2.99. The van der Waals surface area contributed by atoms with Gasteiger partial charge < -0.3 is 31.5 Å². The molecule has 0 heterocycles. The van der Waals surface area contributed by atoms with Crippen molar-refractivity contribution in [3.8, 4) is 11.5 Å². The second kappa shape index (κ2) is 14.6. The fourth-order valence-corrected chi connectivity index (χ4v) is 4.70. The minimum absolute atomic E-state index is 0.0342. The van der Waals surface area contributed by atoms with Gasteiger partial charge in [-0.3, -0.25) is 0 Å². The van der Waals surface area contributed by atoms with Gasteiger partial charge in [0.25, 0.3) is 0 Å². The monoisotopic (exact) mass is 630 g/mol. The molecule has 40 heavy (non-hydrogen) atoms. The minimum Gasteiger partial charge on any atom is -0.504 e. The zero-order chi connectivity index (χ0) is 29.3. The molecule has 3 aromatic carbocycles. The number of nitrogens with one attached hydrogen (secondary N) is 4. The summed E-state index contributed by atoms with van der Waals surface area (Å²) in [5.74, 6) is -0.132. The highest BCUT2D eigenvalue weighted by Crippen LogP contribution is 2.33. The summed E-state index contributed by atoms with van der Waals surface area (Å²) in [7, 11) is 0. The van der Waals surface area contributed by atoms with Gasteiger partial charge in [0.2, 0.25) is 0 Å². The molecule has 1 fully saturated rings. The highest BCUT2D eigenvalue weighted by molar-refractivity contribution is 7.80. The summed E-state index contributed by atoms with van der Waals surface area (Å²) in [6.07, 6.45) is 1.75. The number of alkyl halides is 3. The van der Waals surface area contributed by atoms with E-state index in [-0.39, 0.29) is 27.3 Å². The van der Waals surface area contributed by atoms with E-state index in [1.807, 2.05) is 0 Å². The van der Waals surface area contributed by atoms with Crippen LogP contribution in [-0.4, -0.2) is 26.5 Å². The predicted molar refractivity (Wildman–Crippen MR) is 164 cm³/mol. The van der Waals surface area contributed by atoms with Crippen LogP contribution in [0.5, 0.6) is 11.5 Å². The molecule has 6 nitrogen and oxygen atoms in total. The maximum atomic E-state index is 12.5. The summed E-state index contributed by atoms with van der Waals surface area (Å²) in [6.45, 7) is 0. The minimum atomic E-state index is -4.39. The summed E-state index contributed by atoms with van der Waals surface area (Å²) in [5.41, 5.74) is 0.462. The second-order valence-corrected chi connectivity index (χ2v) is 10.5. The lowest BCUT2D eigenvalue weighted by Gasteiger charge is -2.24. The van der Waals surface area contributed by atoms with E-state index in [0.717, 1.165) is 25.0 Å². The van der Waals surface area contributed by atoms with Crippen molar-refractivity contribution in [2.75, 3.05) is 16.0 Å². The molecule has 0 radical (unpaired) electrons. The second-order valence-electron chi connectivity index (χ2n) is 8.86. The topological polar surface area (TPSA) is 88.6 Å². The van der Waals surface area contributed by atoms with Crippen LogP contribution in [0.4, 0.5) is 30.2 Å². The van der Waals surface area contributed by atoms with Crippen LogP contribution >= 0.6 is 47.6 Å². The van der Waals surface area contributed by atoms with Gasteiger partial charge in [0.1, 0.15) is 0 Å². The lowest BCUT2D eigenvalue weighted by atomic mass is 9.96. The SMILES string of the molecule is Oc1c(Cl)cccc1NC(=S)NC1CCCCC1.Oc1c(Cl)cccc1NC(=S)Nc1ccc(C(F)(F)F)cc1. The van der Waals surface area contributed by atoms with Crippen molar-refractivity contribution in [2.24, 2.45) is 0 Å². The van der Waals surface area contributed by atoms with E-state index in [1.54, 1.807) is 30.3 Å². The van der Waals surface area contributed by atoms with Crippen LogP contribution in [0.1, 0.15) is 37.7 Å². The summed E-state index contributed by atoms with van der Waals surface area (Å²) in [6, 6.07) is 14.7. The largest absolute Gasteiger partial charge is 0.504 e. The third-order valence-electron chi connectivity index (χ3n) is 5.88. The molecule has 0 amide bonds. The molecule has 214 valence electrons. The lowest BCUT2D eigenvalue weighted by molar-refractivity contribution is -0.137. The zero-order valence-electron chi connectivity index (χ0n) is 21.0. The molecule has 0 saturated heterocycles. The number of phenolic OH excluding ortho intramolecular Hbond substituents is 2. The molecule has 6 N–H and O–H groups in total. The van der Waals surface area contributed by atoms with Gasteiger partial charge in [-0.25, -0.2) is 0 Å². The fraction of sp³-hybridized carbons (Fsp3) is 0.259. The van der Waals surface area contributed by atoms with Crippen LogP contribution in [-0.2, 0) is 6.18 Å². The number of thiocarbonyl (C=S) groups is 2. The molecule has 0 atom stereocenters. The number of hydrogen-bond donors (Lipinski definition) is 6. The van der Waals surface area contributed by atoms with Gasteiger partial charge in [0.15, 0.2) is 21.7 Å². The summed E-state index contributed by atoms with van der Waals surface area (Å²) < 4.78 is 37.4. The fourth-order valence-electron chi connectivity index (χ4n) is 3.85. The Morgan fingerprint density at radius 2 is 1.23 bits per heavy atom. The van der Waals surface area contributed by atoms with E-state index in [9.17, 15) is 23.4 Å². The van der Waals surface area contributed by atoms with Gasteiger partial charge in [-0.1, -0.05) is 54.6 Å². The Labute approximate surface area is 250 Å². The Bertz CT molecular complexity index is 1320. The zero-order valence-corrected chi connectivity index (χ0v) is 24.1. The van der Waals surface area contributed by atoms with Crippen LogP contribution in [0.15, 0.2) is 60.7 Å². The number of halogens is 5. The molecule has 13 heteroatoms. The van der Waals surface area contributed by atoms with Gasteiger partial charge in [-0.05, 0) is 85.8 Å². The van der Waals surface area contributed by atoms with Gasteiger partial charge in [-0.2, -0.15) is 13.2 Å². The molecule has 0 unspecified atom stereocenters. The number of phenols is 2. The molecule has 3 aromatic rings. The number of rotatable bonds is 4. The van der Waals surface area contributed by atoms with E-state index in [2.05, 4.69) is 21.3 Å². The number of para-hydroxylation sites is 2. The van der Waals surface area contributed by atoms with E-state index >= 15 is 0 Å². The maximum absolute atomic E-state index is 12.5. The molecule has 1 saturated carbocycles. The van der Waals surface area contributed by atoms with E-state index in [0.29, 0.717) is 27.6 Å². The van der Waals surface area contributed by atoms with Crippen LogP contribution in [0, 0.1) is 0 Å². The first-order chi connectivity index (χ1) is 18.9. The summed E-state index contributed by atoms with van der Waals surface area (Å²) in [5, 5.41) is 32.3. The highest BCUT2D eigenvalue weighted by Gasteiger charge is 2.30. The molecule has 0 spiro atoms. The average Bonchev–Trinajstić information content (AvgIpc) is 2.90. The van der Waals surface area contributed by atoms with Crippen molar-refractivity contribution >= 4 is 74.9 Å². The lowest BCUT2D eigenvalue weighted by Crippen LogP contribution is -2.38. The molecule has 0 bridgehead atoms. The predicted octanol–water partition coefficient (Wildman–Crippen LogP) is 8.54.